The van der Waals surface area contributed by atoms with Gasteiger partial charge < -0.3 is 15.5 Å². The van der Waals surface area contributed by atoms with Gasteiger partial charge in [0, 0.05) is 12.2 Å². The number of carbonyl (C=O) groups is 2. The van der Waals surface area contributed by atoms with Gasteiger partial charge in [0.15, 0.2) is 0 Å². The van der Waals surface area contributed by atoms with Crippen LogP contribution in [0, 0.1) is 12.3 Å². The van der Waals surface area contributed by atoms with Crippen LogP contribution in [0.1, 0.15) is 43.2 Å². The molecule has 0 unspecified atom stereocenters. The summed E-state index contributed by atoms with van der Waals surface area (Å²) >= 11 is 0. The molecule has 0 radical (unpaired) electrons. The molecule has 2 aromatic heterocycles. The highest BCUT2D eigenvalue weighted by atomic mass is 16.4. The molecule has 0 saturated heterocycles. The average molecular weight is 361 g/mol. The molecule has 0 aliphatic carbocycles. The Labute approximate surface area is 150 Å². The first-order chi connectivity index (χ1) is 12.0. The van der Waals surface area contributed by atoms with Gasteiger partial charge in [0.2, 0.25) is 0 Å². The predicted octanol–water partition coefficient (Wildman–Crippen LogP) is 1.66. The molecule has 8 nitrogen and oxygen atoms in total. The van der Waals surface area contributed by atoms with Crippen LogP contribution in [0.3, 0.4) is 0 Å². The van der Waals surface area contributed by atoms with E-state index >= 15 is 0 Å². The Morgan fingerprint density at radius 3 is 2.50 bits per heavy atom. The van der Waals surface area contributed by atoms with Gasteiger partial charge in [-0.1, -0.05) is 20.8 Å². The minimum Gasteiger partial charge on any atom is -0.506 e. The summed E-state index contributed by atoms with van der Waals surface area (Å²) in [6, 6.07) is 3.26. The fourth-order valence-electron chi connectivity index (χ4n) is 2.50. The van der Waals surface area contributed by atoms with Crippen molar-refractivity contribution in [2.24, 2.45) is 5.41 Å². The zero-order chi connectivity index (χ0) is 19.6. The van der Waals surface area contributed by atoms with E-state index in [1.54, 1.807) is 19.1 Å². The van der Waals surface area contributed by atoms with Crippen molar-refractivity contribution >= 4 is 22.9 Å². The number of fused-ring (bicyclic) bond motifs is 1. The Morgan fingerprint density at radius 2 is 1.92 bits per heavy atom. The molecule has 0 aliphatic heterocycles. The van der Waals surface area contributed by atoms with E-state index in [4.69, 9.17) is 5.11 Å². The van der Waals surface area contributed by atoms with Crippen LogP contribution >= 0.6 is 0 Å². The highest BCUT2D eigenvalue weighted by Gasteiger charge is 2.24. The van der Waals surface area contributed by atoms with Crippen molar-refractivity contribution in [3.8, 4) is 5.75 Å². The second kappa shape index (κ2) is 7.15. The maximum atomic E-state index is 12.9. The monoisotopic (exact) mass is 361 g/mol. The molecule has 2 aromatic rings. The van der Waals surface area contributed by atoms with Gasteiger partial charge in [-0.2, -0.15) is 0 Å². The number of hydrogen-bond donors (Lipinski definition) is 3. The summed E-state index contributed by atoms with van der Waals surface area (Å²) in [5.41, 5.74) is -0.256. The molecule has 0 bridgehead atoms. The standard InChI is InChI=1S/C18H23N3O5/c1-10-5-6-11-14(24)13(16(25)19-9-12(22)23)17(26)21(15(11)20-10)8-7-18(2,3)4/h5-6,24H,7-9H2,1-4H3,(H,19,25)(H,22,23). The van der Waals surface area contributed by atoms with E-state index in [9.17, 15) is 19.5 Å². The molecule has 3 N–H and O–H groups in total. The van der Waals surface area contributed by atoms with Crippen molar-refractivity contribution in [2.45, 2.75) is 40.7 Å². The molecule has 140 valence electrons. The van der Waals surface area contributed by atoms with Gasteiger partial charge in [-0.05, 0) is 30.9 Å². The normalized spacial score (nSPS) is 11.5. The summed E-state index contributed by atoms with van der Waals surface area (Å²) in [5, 5.41) is 21.5. The first kappa shape index (κ1) is 19.4. The number of carboxylic acid groups (broad SMARTS) is 1. The molecule has 2 rings (SSSR count). The third-order valence-corrected chi connectivity index (χ3v) is 3.93. The Kier molecular flexibility index (Phi) is 5.34. The van der Waals surface area contributed by atoms with E-state index in [-0.39, 0.29) is 10.8 Å². The number of carboxylic acids is 1. The van der Waals surface area contributed by atoms with E-state index in [0.717, 1.165) is 0 Å². The maximum Gasteiger partial charge on any atom is 0.322 e. The number of aryl methyl sites for hydroxylation is 2. The van der Waals surface area contributed by atoms with E-state index in [2.05, 4.69) is 10.3 Å². The van der Waals surface area contributed by atoms with Crippen LogP contribution in [0.4, 0.5) is 0 Å². The number of aromatic nitrogens is 2. The van der Waals surface area contributed by atoms with E-state index in [1.165, 1.54) is 4.57 Å². The molecular formula is C18H23N3O5. The first-order valence-electron chi connectivity index (χ1n) is 8.24. The van der Waals surface area contributed by atoms with Crippen LogP contribution in [-0.4, -0.2) is 38.2 Å². The molecule has 1 amide bonds. The molecule has 0 fully saturated rings. The number of aromatic hydroxyl groups is 1. The maximum absolute atomic E-state index is 12.9. The third kappa shape index (κ3) is 4.19. The van der Waals surface area contributed by atoms with E-state index in [0.29, 0.717) is 24.3 Å². The Bertz CT molecular complexity index is 925. The van der Waals surface area contributed by atoms with Crippen molar-refractivity contribution in [2.75, 3.05) is 6.54 Å². The topological polar surface area (TPSA) is 122 Å². The number of nitrogens with zero attached hydrogens (tertiary/aromatic N) is 2. The quantitative estimate of drug-likeness (QED) is 0.745. The van der Waals surface area contributed by atoms with Crippen molar-refractivity contribution in [1.29, 1.82) is 0 Å². The molecule has 8 heteroatoms. The van der Waals surface area contributed by atoms with Crippen LogP contribution in [0.2, 0.25) is 0 Å². The molecule has 0 spiro atoms. The zero-order valence-electron chi connectivity index (χ0n) is 15.3. The second-order valence-electron chi connectivity index (χ2n) is 7.39. The van der Waals surface area contributed by atoms with Crippen molar-refractivity contribution < 1.29 is 19.8 Å². The SMILES string of the molecule is Cc1ccc2c(O)c(C(=O)NCC(=O)O)c(=O)n(CCC(C)(C)C)c2n1. The van der Waals surface area contributed by atoms with E-state index < -0.39 is 35.3 Å². The number of nitrogens with one attached hydrogen (secondary N) is 1. The van der Waals surface area contributed by atoms with Crippen molar-refractivity contribution in [3.63, 3.8) is 0 Å². The molecular weight excluding hydrogens is 338 g/mol. The number of pyridine rings is 2. The van der Waals surface area contributed by atoms with Crippen LogP contribution in [0.25, 0.3) is 11.0 Å². The lowest BCUT2D eigenvalue weighted by atomic mass is 9.92. The number of rotatable bonds is 5. The largest absolute Gasteiger partial charge is 0.506 e. The molecule has 0 atom stereocenters. The summed E-state index contributed by atoms with van der Waals surface area (Å²) < 4.78 is 1.36. The molecule has 2 heterocycles. The van der Waals surface area contributed by atoms with Gasteiger partial charge in [-0.3, -0.25) is 19.0 Å². The Hall–Kier alpha value is -2.90. The highest BCUT2D eigenvalue weighted by Crippen LogP contribution is 2.27. The van der Waals surface area contributed by atoms with Crippen LogP contribution in [0.5, 0.6) is 5.75 Å². The zero-order valence-corrected chi connectivity index (χ0v) is 15.3. The first-order valence-corrected chi connectivity index (χ1v) is 8.24. The lowest BCUT2D eigenvalue weighted by Gasteiger charge is -2.20. The van der Waals surface area contributed by atoms with Gasteiger partial charge in [0.1, 0.15) is 23.5 Å². The van der Waals surface area contributed by atoms with Gasteiger partial charge in [0.25, 0.3) is 11.5 Å². The number of aliphatic carboxylic acids is 1. The second-order valence-corrected chi connectivity index (χ2v) is 7.39. The van der Waals surface area contributed by atoms with Crippen LogP contribution < -0.4 is 10.9 Å². The van der Waals surface area contributed by atoms with Crippen LogP contribution in [0.15, 0.2) is 16.9 Å². The molecule has 0 aromatic carbocycles. The number of carbonyl (C=O) groups excluding carboxylic acids is 1. The molecule has 0 aliphatic rings. The smallest absolute Gasteiger partial charge is 0.322 e. The van der Waals surface area contributed by atoms with Crippen LogP contribution in [-0.2, 0) is 11.3 Å². The average Bonchev–Trinajstić information content (AvgIpc) is 2.51. The highest BCUT2D eigenvalue weighted by molar-refractivity contribution is 6.02. The number of hydrogen-bond acceptors (Lipinski definition) is 5. The van der Waals surface area contributed by atoms with Crippen molar-refractivity contribution in [3.05, 3.63) is 33.7 Å². The van der Waals surface area contributed by atoms with Gasteiger partial charge in [0.05, 0.1) is 5.39 Å². The minimum absolute atomic E-state index is 0.0563. The summed E-state index contributed by atoms with van der Waals surface area (Å²) in [6.07, 6.45) is 0.651. The van der Waals surface area contributed by atoms with Gasteiger partial charge in [-0.25, -0.2) is 4.98 Å². The third-order valence-electron chi connectivity index (χ3n) is 3.93. The summed E-state index contributed by atoms with van der Waals surface area (Å²) in [6.45, 7) is 7.51. The van der Waals surface area contributed by atoms with Gasteiger partial charge in [-0.15, -0.1) is 0 Å². The Balaban J connectivity index is 2.66. The van der Waals surface area contributed by atoms with Crippen molar-refractivity contribution in [1.82, 2.24) is 14.9 Å². The lowest BCUT2D eigenvalue weighted by molar-refractivity contribution is -0.135. The minimum atomic E-state index is -1.25. The summed E-state index contributed by atoms with van der Waals surface area (Å²) in [4.78, 5) is 40.2. The lowest BCUT2D eigenvalue weighted by Crippen LogP contribution is -2.36. The van der Waals surface area contributed by atoms with E-state index in [1.807, 2.05) is 20.8 Å². The fourth-order valence-corrected chi connectivity index (χ4v) is 2.50. The number of amides is 1. The molecule has 26 heavy (non-hydrogen) atoms. The summed E-state index contributed by atoms with van der Waals surface area (Å²) in [5.74, 6) is -2.67. The fraction of sp³-hybridized carbons (Fsp3) is 0.444. The summed E-state index contributed by atoms with van der Waals surface area (Å²) in [7, 11) is 0. The predicted molar refractivity (Wildman–Crippen MR) is 96.4 cm³/mol. The van der Waals surface area contributed by atoms with Gasteiger partial charge >= 0.3 is 5.97 Å². The molecule has 0 saturated carbocycles. The Morgan fingerprint density at radius 1 is 1.27 bits per heavy atom.